The molecule has 1 aromatic heterocycles. The van der Waals surface area contributed by atoms with E-state index in [-0.39, 0.29) is 11.2 Å². The van der Waals surface area contributed by atoms with Gasteiger partial charge in [-0.25, -0.2) is 9.37 Å². The first kappa shape index (κ1) is 13.9. The average molecular weight is 295 g/mol. The van der Waals surface area contributed by atoms with Crippen LogP contribution in [-0.4, -0.2) is 9.55 Å². The second kappa shape index (κ2) is 4.73. The van der Waals surface area contributed by atoms with Crippen LogP contribution in [0.5, 0.6) is 0 Å². The van der Waals surface area contributed by atoms with Crippen LogP contribution in [-0.2, 0) is 0 Å². The zero-order valence-corrected chi connectivity index (χ0v) is 12.9. The van der Waals surface area contributed by atoms with Gasteiger partial charge in [0.1, 0.15) is 11.6 Å². The minimum absolute atomic E-state index is 0.172. The number of rotatable bonds is 2. The third-order valence-electron chi connectivity index (χ3n) is 4.34. The van der Waals surface area contributed by atoms with Gasteiger partial charge in [0.25, 0.3) is 0 Å². The maximum absolute atomic E-state index is 13.6. The van der Waals surface area contributed by atoms with Gasteiger partial charge in [-0.3, -0.25) is 0 Å². The van der Waals surface area contributed by atoms with Gasteiger partial charge in [-0.2, -0.15) is 0 Å². The number of aromatic nitrogens is 2. The Morgan fingerprint density at radius 3 is 2.80 bits per heavy atom. The van der Waals surface area contributed by atoms with E-state index in [0.29, 0.717) is 11.5 Å². The third-order valence-corrected chi connectivity index (χ3v) is 4.54. The molecule has 0 N–H and O–H groups in total. The molecule has 2 aromatic rings. The lowest BCUT2D eigenvalue weighted by Crippen LogP contribution is -2.12. The Balaban J connectivity index is 2.16. The first-order chi connectivity index (χ1) is 9.37. The molecule has 1 fully saturated rings. The molecule has 0 aliphatic heterocycles. The maximum Gasteiger partial charge on any atom is 0.127 e. The fourth-order valence-electron chi connectivity index (χ4n) is 3.37. The van der Waals surface area contributed by atoms with E-state index in [1.807, 2.05) is 6.92 Å². The van der Waals surface area contributed by atoms with Gasteiger partial charge in [0.15, 0.2) is 0 Å². The van der Waals surface area contributed by atoms with Gasteiger partial charge in [-0.15, -0.1) is 11.6 Å². The Hall–Kier alpha value is -1.09. The summed E-state index contributed by atoms with van der Waals surface area (Å²) >= 11 is 6.29. The smallest absolute Gasteiger partial charge is 0.127 e. The molecule has 2 unspecified atom stereocenters. The van der Waals surface area contributed by atoms with Crippen molar-refractivity contribution in [2.45, 2.75) is 51.5 Å². The Morgan fingerprint density at radius 1 is 1.45 bits per heavy atom. The van der Waals surface area contributed by atoms with Crippen molar-refractivity contribution in [2.24, 2.45) is 5.41 Å². The summed E-state index contributed by atoms with van der Waals surface area (Å²) in [5.74, 6) is 0.639. The second-order valence-electron chi connectivity index (χ2n) is 6.65. The molecular formula is C16H20ClFN2. The Bertz CT molecular complexity index is 645. The van der Waals surface area contributed by atoms with Crippen LogP contribution < -0.4 is 0 Å². The summed E-state index contributed by atoms with van der Waals surface area (Å²) in [4.78, 5) is 4.61. The van der Waals surface area contributed by atoms with Crippen LogP contribution in [0.1, 0.15) is 57.3 Å². The highest BCUT2D eigenvalue weighted by Gasteiger charge is 2.34. The summed E-state index contributed by atoms with van der Waals surface area (Å²) in [5, 5.41) is -0.172. The maximum atomic E-state index is 13.6. The van der Waals surface area contributed by atoms with Crippen LogP contribution in [0.3, 0.4) is 0 Å². The molecule has 0 amide bonds. The first-order valence-corrected chi connectivity index (χ1v) is 7.62. The van der Waals surface area contributed by atoms with Crippen LogP contribution in [0.4, 0.5) is 4.39 Å². The molecule has 2 nitrogen and oxygen atoms in total. The van der Waals surface area contributed by atoms with Crippen molar-refractivity contribution in [3.05, 3.63) is 29.8 Å². The monoisotopic (exact) mass is 294 g/mol. The van der Waals surface area contributed by atoms with Gasteiger partial charge < -0.3 is 4.57 Å². The number of nitrogens with zero attached hydrogens (tertiary/aromatic N) is 2. The Labute approximate surface area is 123 Å². The lowest BCUT2D eigenvalue weighted by Gasteiger charge is -2.21. The molecule has 1 aliphatic rings. The van der Waals surface area contributed by atoms with Crippen LogP contribution in [0, 0.1) is 11.2 Å². The van der Waals surface area contributed by atoms with E-state index >= 15 is 0 Å². The summed E-state index contributed by atoms with van der Waals surface area (Å²) in [7, 11) is 0. The molecule has 3 rings (SSSR count). The number of hydrogen-bond acceptors (Lipinski definition) is 1. The van der Waals surface area contributed by atoms with Crippen LogP contribution >= 0.6 is 11.6 Å². The van der Waals surface area contributed by atoms with Crippen molar-refractivity contribution in [3.63, 3.8) is 0 Å². The van der Waals surface area contributed by atoms with E-state index in [1.165, 1.54) is 12.5 Å². The zero-order valence-electron chi connectivity index (χ0n) is 12.2. The molecule has 4 heteroatoms. The minimum Gasteiger partial charge on any atom is -0.324 e. The summed E-state index contributed by atoms with van der Waals surface area (Å²) in [6, 6.07) is 5.15. The molecule has 1 heterocycles. The van der Waals surface area contributed by atoms with Gasteiger partial charge in [0.2, 0.25) is 0 Å². The van der Waals surface area contributed by atoms with E-state index in [2.05, 4.69) is 23.4 Å². The predicted octanol–water partition coefficient (Wildman–Crippen LogP) is 5.23. The van der Waals surface area contributed by atoms with Gasteiger partial charge >= 0.3 is 0 Å². The molecule has 20 heavy (non-hydrogen) atoms. The van der Waals surface area contributed by atoms with Crippen LogP contribution in [0.2, 0.25) is 0 Å². The molecule has 108 valence electrons. The number of imidazole rings is 1. The summed E-state index contributed by atoms with van der Waals surface area (Å²) < 4.78 is 15.8. The highest BCUT2D eigenvalue weighted by atomic mass is 35.5. The predicted molar refractivity (Wildman–Crippen MR) is 80.6 cm³/mol. The molecule has 0 radical (unpaired) electrons. The van der Waals surface area contributed by atoms with E-state index in [0.717, 1.165) is 29.7 Å². The van der Waals surface area contributed by atoms with Gasteiger partial charge in [-0.05, 0) is 49.8 Å². The molecule has 1 saturated carbocycles. The quantitative estimate of drug-likeness (QED) is 0.694. The third kappa shape index (κ3) is 2.32. The van der Waals surface area contributed by atoms with Crippen molar-refractivity contribution in [2.75, 3.05) is 0 Å². The van der Waals surface area contributed by atoms with Crippen molar-refractivity contribution in [1.29, 1.82) is 0 Å². The van der Waals surface area contributed by atoms with E-state index < -0.39 is 0 Å². The number of benzene rings is 1. The van der Waals surface area contributed by atoms with Crippen molar-refractivity contribution in [1.82, 2.24) is 9.55 Å². The van der Waals surface area contributed by atoms with Crippen molar-refractivity contribution < 1.29 is 4.39 Å². The van der Waals surface area contributed by atoms with E-state index in [1.54, 1.807) is 12.1 Å². The van der Waals surface area contributed by atoms with Gasteiger partial charge in [0.05, 0.1) is 16.4 Å². The van der Waals surface area contributed by atoms with Gasteiger partial charge in [0, 0.05) is 6.04 Å². The highest BCUT2D eigenvalue weighted by molar-refractivity contribution is 6.20. The molecule has 1 aromatic carbocycles. The lowest BCUT2D eigenvalue weighted by atomic mass is 9.92. The summed E-state index contributed by atoms with van der Waals surface area (Å²) in [6.45, 7) is 6.50. The van der Waals surface area contributed by atoms with Crippen molar-refractivity contribution in [3.8, 4) is 0 Å². The summed E-state index contributed by atoms with van der Waals surface area (Å²) in [6.07, 6.45) is 3.37. The van der Waals surface area contributed by atoms with Crippen LogP contribution in [0.15, 0.2) is 18.2 Å². The highest BCUT2D eigenvalue weighted by Crippen LogP contribution is 2.45. The second-order valence-corrected chi connectivity index (χ2v) is 7.30. The van der Waals surface area contributed by atoms with E-state index in [4.69, 9.17) is 11.6 Å². The molecule has 0 saturated heterocycles. The number of halogens is 2. The first-order valence-electron chi connectivity index (χ1n) is 7.19. The van der Waals surface area contributed by atoms with Crippen molar-refractivity contribution >= 4 is 22.6 Å². The zero-order chi connectivity index (χ0) is 14.5. The normalized spacial score (nSPS) is 23.4. The standard InChI is InChI=1S/C16H20ClFN2/c1-10(17)15-19-13-5-4-11(18)8-14(13)20(15)12-6-7-16(2,3)9-12/h4-5,8,10,12H,6-7,9H2,1-3H3. The summed E-state index contributed by atoms with van der Waals surface area (Å²) in [5.41, 5.74) is 2.04. The Morgan fingerprint density at radius 2 is 2.20 bits per heavy atom. The fraction of sp³-hybridized carbons (Fsp3) is 0.562. The molecule has 1 aliphatic carbocycles. The average Bonchev–Trinajstić information content (AvgIpc) is 2.88. The number of fused-ring (bicyclic) bond motifs is 1. The molecule has 0 bridgehead atoms. The minimum atomic E-state index is -0.218. The lowest BCUT2D eigenvalue weighted by molar-refractivity contribution is 0.358. The van der Waals surface area contributed by atoms with Crippen LogP contribution in [0.25, 0.3) is 11.0 Å². The molecular weight excluding hydrogens is 275 g/mol. The Kier molecular flexibility index (Phi) is 3.28. The largest absolute Gasteiger partial charge is 0.324 e. The topological polar surface area (TPSA) is 17.8 Å². The molecule has 2 atom stereocenters. The number of alkyl halides is 1. The number of hydrogen-bond donors (Lipinski definition) is 0. The van der Waals surface area contributed by atoms with Gasteiger partial charge in [-0.1, -0.05) is 13.8 Å². The fourth-order valence-corrected chi connectivity index (χ4v) is 3.52. The SMILES string of the molecule is CC(Cl)c1nc2ccc(F)cc2n1C1CCC(C)(C)C1. The van der Waals surface area contributed by atoms with E-state index in [9.17, 15) is 4.39 Å². The molecule has 0 spiro atoms.